The van der Waals surface area contributed by atoms with E-state index in [1.54, 1.807) is 12.3 Å². The SMILES string of the molecule is Fc1cc(/C=N\NCc2ccccc2Cl)ccc1N1CCOCC1. The first-order valence-electron chi connectivity index (χ1n) is 7.85. The molecule has 1 heterocycles. The molecule has 24 heavy (non-hydrogen) atoms. The van der Waals surface area contributed by atoms with Crippen LogP contribution in [0.1, 0.15) is 11.1 Å². The molecule has 0 saturated carbocycles. The molecule has 0 aromatic heterocycles. The van der Waals surface area contributed by atoms with E-state index in [2.05, 4.69) is 10.5 Å². The molecule has 0 aliphatic carbocycles. The first kappa shape index (κ1) is 16.7. The van der Waals surface area contributed by atoms with Crippen LogP contribution in [0.5, 0.6) is 0 Å². The molecule has 2 aromatic carbocycles. The summed E-state index contributed by atoms with van der Waals surface area (Å²) in [5.74, 6) is -0.244. The van der Waals surface area contributed by atoms with Crippen LogP contribution in [0.4, 0.5) is 10.1 Å². The zero-order valence-corrected chi connectivity index (χ0v) is 14.0. The molecule has 4 nitrogen and oxygen atoms in total. The van der Waals surface area contributed by atoms with Gasteiger partial charge in [-0.05, 0) is 29.3 Å². The van der Waals surface area contributed by atoms with E-state index in [9.17, 15) is 4.39 Å². The molecular formula is C18H19ClFN3O. The molecule has 1 aliphatic rings. The van der Waals surface area contributed by atoms with Gasteiger partial charge in [-0.3, -0.25) is 0 Å². The third-order valence-corrected chi connectivity index (χ3v) is 4.22. The van der Waals surface area contributed by atoms with Crippen molar-refractivity contribution in [2.75, 3.05) is 31.2 Å². The van der Waals surface area contributed by atoms with Crippen LogP contribution in [0.25, 0.3) is 0 Å². The maximum atomic E-state index is 14.3. The molecule has 3 rings (SSSR count). The number of morpholine rings is 1. The van der Waals surface area contributed by atoms with Crippen LogP contribution in [0.15, 0.2) is 47.6 Å². The molecule has 2 aromatic rings. The predicted octanol–water partition coefficient (Wildman–Crippen LogP) is 3.44. The second kappa shape index (κ2) is 8.13. The molecule has 1 aliphatic heterocycles. The van der Waals surface area contributed by atoms with Crippen LogP contribution in [0.2, 0.25) is 5.02 Å². The molecule has 1 N–H and O–H groups in total. The van der Waals surface area contributed by atoms with Crippen molar-refractivity contribution in [3.8, 4) is 0 Å². The summed E-state index contributed by atoms with van der Waals surface area (Å²) in [5.41, 5.74) is 5.20. The largest absolute Gasteiger partial charge is 0.378 e. The normalized spacial score (nSPS) is 15.0. The molecule has 0 bridgehead atoms. The van der Waals surface area contributed by atoms with Crippen LogP contribution in [0.3, 0.4) is 0 Å². The quantitative estimate of drug-likeness (QED) is 0.665. The van der Waals surface area contributed by atoms with Crippen molar-refractivity contribution in [3.05, 3.63) is 64.4 Å². The Morgan fingerprint density at radius 1 is 1.21 bits per heavy atom. The smallest absolute Gasteiger partial charge is 0.147 e. The number of nitrogens with zero attached hydrogens (tertiary/aromatic N) is 2. The molecule has 0 unspecified atom stereocenters. The number of benzene rings is 2. The summed E-state index contributed by atoms with van der Waals surface area (Å²) in [6.45, 7) is 3.21. The second-order valence-electron chi connectivity index (χ2n) is 5.49. The molecular weight excluding hydrogens is 329 g/mol. The minimum atomic E-state index is -0.244. The van der Waals surface area contributed by atoms with Crippen molar-refractivity contribution in [3.63, 3.8) is 0 Å². The van der Waals surface area contributed by atoms with Gasteiger partial charge in [0.05, 0.1) is 31.7 Å². The minimum Gasteiger partial charge on any atom is -0.378 e. The Balaban J connectivity index is 1.59. The van der Waals surface area contributed by atoms with Gasteiger partial charge < -0.3 is 15.1 Å². The molecule has 6 heteroatoms. The topological polar surface area (TPSA) is 36.9 Å². The lowest BCUT2D eigenvalue weighted by molar-refractivity contribution is 0.122. The number of hydrogen-bond donors (Lipinski definition) is 1. The monoisotopic (exact) mass is 347 g/mol. The lowest BCUT2D eigenvalue weighted by atomic mass is 10.2. The second-order valence-corrected chi connectivity index (χ2v) is 5.90. The van der Waals surface area contributed by atoms with E-state index in [1.807, 2.05) is 35.2 Å². The van der Waals surface area contributed by atoms with E-state index in [1.165, 1.54) is 6.07 Å². The Morgan fingerprint density at radius 3 is 2.75 bits per heavy atom. The highest BCUT2D eigenvalue weighted by Gasteiger charge is 2.14. The highest BCUT2D eigenvalue weighted by Crippen LogP contribution is 2.21. The molecule has 1 fully saturated rings. The predicted molar refractivity (Wildman–Crippen MR) is 95.3 cm³/mol. The lowest BCUT2D eigenvalue weighted by Crippen LogP contribution is -2.36. The van der Waals surface area contributed by atoms with Crippen LogP contribution in [-0.2, 0) is 11.3 Å². The fourth-order valence-electron chi connectivity index (χ4n) is 2.56. The Hall–Kier alpha value is -2.11. The van der Waals surface area contributed by atoms with Crippen molar-refractivity contribution in [1.82, 2.24) is 5.43 Å². The van der Waals surface area contributed by atoms with Crippen molar-refractivity contribution in [2.45, 2.75) is 6.54 Å². The van der Waals surface area contributed by atoms with Crippen LogP contribution in [-0.4, -0.2) is 32.5 Å². The summed E-state index contributed by atoms with van der Waals surface area (Å²) < 4.78 is 19.6. The third-order valence-electron chi connectivity index (χ3n) is 3.86. The Morgan fingerprint density at radius 2 is 2.00 bits per heavy atom. The summed E-state index contributed by atoms with van der Waals surface area (Å²) in [4.78, 5) is 2.00. The zero-order chi connectivity index (χ0) is 16.8. The van der Waals surface area contributed by atoms with Crippen LogP contribution < -0.4 is 10.3 Å². The summed E-state index contributed by atoms with van der Waals surface area (Å²) in [5, 5.41) is 4.82. The Labute approximate surface area is 145 Å². The van der Waals surface area contributed by atoms with Crippen LogP contribution >= 0.6 is 11.6 Å². The van der Waals surface area contributed by atoms with E-state index in [4.69, 9.17) is 16.3 Å². The van der Waals surface area contributed by atoms with Crippen molar-refractivity contribution < 1.29 is 9.13 Å². The van der Waals surface area contributed by atoms with Gasteiger partial charge in [0.15, 0.2) is 0 Å². The van der Waals surface area contributed by atoms with E-state index in [0.29, 0.717) is 49.1 Å². The van der Waals surface area contributed by atoms with Gasteiger partial charge in [-0.25, -0.2) is 4.39 Å². The Bertz CT molecular complexity index is 717. The Kier molecular flexibility index (Phi) is 5.67. The maximum absolute atomic E-state index is 14.3. The van der Waals surface area contributed by atoms with Gasteiger partial charge in [0, 0.05) is 18.1 Å². The zero-order valence-electron chi connectivity index (χ0n) is 13.2. The summed E-state index contributed by atoms with van der Waals surface area (Å²) in [7, 11) is 0. The van der Waals surface area contributed by atoms with Gasteiger partial charge in [0.2, 0.25) is 0 Å². The van der Waals surface area contributed by atoms with Gasteiger partial charge in [0.25, 0.3) is 0 Å². The van der Waals surface area contributed by atoms with Crippen molar-refractivity contribution >= 4 is 23.5 Å². The summed E-state index contributed by atoms with van der Waals surface area (Å²) in [6, 6.07) is 12.7. The molecule has 0 atom stereocenters. The number of hydrogen-bond acceptors (Lipinski definition) is 4. The van der Waals surface area contributed by atoms with E-state index in [0.717, 1.165) is 5.56 Å². The number of rotatable bonds is 5. The molecule has 0 amide bonds. The third kappa shape index (κ3) is 4.24. The van der Waals surface area contributed by atoms with E-state index < -0.39 is 0 Å². The number of anilines is 1. The minimum absolute atomic E-state index is 0.244. The number of nitrogens with one attached hydrogen (secondary N) is 1. The van der Waals surface area contributed by atoms with Gasteiger partial charge in [-0.15, -0.1) is 0 Å². The van der Waals surface area contributed by atoms with Gasteiger partial charge in [-0.1, -0.05) is 35.9 Å². The van der Waals surface area contributed by atoms with E-state index >= 15 is 0 Å². The fraction of sp³-hybridized carbons (Fsp3) is 0.278. The first-order valence-corrected chi connectivity index (χ1v) is 8.23. The van der Waals surface area contributed by atoms with Crippen molar-refractivity contribution in [2.24, 2.45) is 5.10 Å². The summed E-state index contributed by atoms with van der Waals surface area (Å²) in [6.07, 6.45) is 1.60. The first-order chi connectivity index (χ1) is 11.7. The number of ether oxygens (including phenoxy) is 1. The number of halogens is 2. The fourth-order valence-corrected chi connectivity index (χ4v) is 2.76. The average molecular weight is 348 g/mol. The highest BCUT2D eigenvalue weighted by molar-refractivity contribution is 6.31. The average Bonchev–Trinajstić information content (AvgIpc) is 2.61. The lowest BCUT2D eigenvalue weighted by Gasteiger charge is -2.29. The molecule has 0 spiro atoms. The van der Waals surface area contributed by atoms with E-state index in [-0.39, 0.29) is 5.82 Å². The van der Waals surface area contributed by atoms with Gasteiger partial charge in [0.1, 0.15) is 5.82 Å². The molecule has 0 radical (unpaired) electrons. The van der Waals surface area contributed by atoms with Crippen LogP contribution in [0, 0.1) is 5.82 Å². The highest BCUT2D eigenvalue weighted by atomic mass is 35.5. The van der Waals surface area contributed by atoms with Gasteiger partial charge in [-0.2, -0.15) is 5.10 Å². The molecule has 126 valence electrons. The van der Waals surface area contributed by atoms with Crippen molar-refractivity contribution in [1.29, 1.82) is 0 Å². The maximum Gasteiger partial charge on any atom is 0.147 e. The standard InChI is InChI=1S/C18H19ClFN3O/c19-16-4-2-1-3-15(16)13-22-21-12-14-5-6-18(17(20)11-14)23-7-9-24-10-8-23/h1-6,11-12,22H,7-10,13H2/b21-12-. The van der Waals surface area contributed by atoms with Gasteiger partial charge >= 0.3 is 0 Å². The number of hydrazone groups is 1. The molecule has 1 saturated heterocycles. The summed E-state index contributed by atoms with van der Waals surface area (Å²) >= 11 is 6.08.